The van der Waals surface area contributed by atoms with Crippen LogP contribution in [0.15, 0.2) is 69.9 Å². The zero-order chi connectivity index (χ0) is 22.5. The number of halogens is 2. The molecule has 0 fully saturated rings. The van der Waals surface area contributed by atoms with Crippen LogP contribution >= 0.6 is 46.3 Å². The number of fused-ring (bicyclic) bond motifs is 1. The van der Waals surface area contributed by atoms with Crippen LogP contribution in [-0.2, 0) is 24.3 Å². The van der Waals surface area contributed by atoms with Crippen LogP contribution < -0.4 is 10.9 Å². The van der Waals surface area contributed by atoms with Crippen molar-refractivity contribution < 1.29 is 4.79 Å². The van der Waals surface area contributed by atoms with Gasteiger partial charge in [-0.15, -0.1) is 11.3 Å². The zero-order valence-corrected chi connectivity index (χ0v) is 20.0. The Morgan fingerprint density at radius 1 is 1.09 bits per heavy atom. The van der Waals surface area contributed by atoms with Gasteiger partial charge < -0.3 is 5.32 Å². The molecule has 0 saturated carbocycles. The van der Waals surface area contributed by atoms with Crippen LogP contribution in [0.25, 0.3) is 10.2 Å². The predicted octanol–water partition coefficient (Wildman–Crippen LogP) is 5.42. The standard InChI is InChI=1S/C23H19Cl2N3O2S2/c24-17-7-5-15(6-8-17)9-11-28-22(30)21-19(10-12-31-21)27-23(28)32-14-20(29)26-13-16-3-1-2-4-18(16)25/h1-8,10,12H,9,11,13-14H2,(H,26,29). The number of amides is 1. The van der Waals surface area contributed by atoms with E-state index in [0.29, 0.717) is 44.9 Å². The minimum absolute atomic E-state index is 0.0852. The van der Waals surface area contributed by atoms with Crippen LogP contribution in [0.1, 0.15) is 11.1 Å². The Hall–Kier alpha value is -2.32. The fourth-order valence-corrected chi connectivity index (χ4v) is 5.10. The fourth-order valence-electron chi connectivity index (χ4n) is 3.14. The molecule has 0 spiro atoms. The van der Waals surface area contributed by atoms with Crippen molar-refractivity contribution in [2.75, 3.05) is 5.75 Å². The highest BCUT2D eigenvalue weighted by Gasteiger charge is 2.14. The molecule has 0 bridgehead atoms. The topological polar surface area (TPSA) is 64.0 Å². The molecule has 1 amide bonds. The Kier molecular flexibility index (Phi) is 7.52. The van der Waals surface area contributed by atoms with E-state index < -0.39 is 0 Å². The monoisotopic (exact) mass is 503 g/mol. The van der Waals surface area contributed by atoms with Crippen molar-refractivity contribution in [3.8, 4) is 0 Å². The number of carbonyl (C=O) groups is 1. The predicted molar refractivity (Wildman–Crippen MR) is 133 cm³/mol. The highest BCUT2D eigenvalue weighted by atomic mass is 35.5. The molecular weight excluding hydrogens is 485 g/mol. The summed E-state index contributed by atoms with van der Waals surface area (Å²) >= 11 is 14.7. The number of carbonyl (C=O) groups excluding carboxylic acids is 1. The van der Waals surface area contributed by atoms with E-state index in [4.69, 9.17) is 23.2 Å². The Bertz CT molecular complexity index is 1300. The Morgan fingerprint density at radius 3 is 2.66 bits per heavy atom. The van der Waals surface area contributed by atoms with Crippen molar-refractivity contribution in [1.82, 2.24) is 14.9 Å². The van der Waals surface area contributed by atoms with Gasteiger partial charge >= 0.3 is 0 Å². The summed E-state index contributed by atoms with van der Waals surface area (Å²) < 4.78 is 2.27. The van der Waals surface area contributed by atoms with E-state index in [0.717, 1.165) is 11.1 Å². The first kappa shape index (κ1) is 22.9. The van der Waals surface area contributed by atoms with Gasteiger partial charge in [0.25, 0.3) is 5.56 Å². The number of thioether (sulfide) groups is 1. The molecule has 0 atom stereocenters. The van der Waals surface area contributed by atoms with Crippen molar-refractivity contribution >= 4 is 62.4 Å². The number of thiophene rings is 1. The van der Waals surface area contributed by atoms with Gasteiger partial charge in [-0.2, -0.15) is 0 Å². The number of hydrogen-bond acceptors (Lipinski definition) is 5. The summed E-state index contributed by atoms with van der Waals surface area (Å²) in [6, 6.07) is 16.8. The van der Waals surface area contributed by atoms with Crippen molar-refractivity contribution in [2.24, 2.45) is 0 Å². The largest absolute Gasteiger partial charge is 0.351 e. The molecule has 2 aromatic heterocycles. The molecule has 4 rings (SSSR count). The molecule has 4 aromatic rings. The molecule has 164 valence electrons. The smallest absolute Gasteiger partial charge is 0.272 e. The quantitative estimate of drug-likeness (QED) is 0.257. The molecular formula is C23H19Cl2N3O2S2. The number of rotatable bonds is 8. The molecule has 2 aromatic carbocycles. The van der Waals surface area contributed by atoms with Crippen molar-refractivity contribution in [1.29, 1.82) is 0 Å². The summed E-state index contributed by atoms with van der Waals surface area (Å²) in [6.07, 6.45) is 0.655. The molecule has 1 N–H and O–H groups in total. The molecule has 0 aliphatic heterocycles. The van der Waals surface area contributed by atoms with Gasteiger partial charge in [-0.3, -0.25) is 14.2 Å². The van der Waals surface area contributed by atoms with Gasteiger partial charge in [0, 0.05) is 23.1 Å². The van der Waals surface area contributed by atoms with E-state index in [9.17, 15) is 9.59 Å². The molecule has 0 radical (unpaired) electrons. The van der Waals surface area contributed by atoms with Gasteiger partial charge in [0.1, 0.15) is 4.70 Å². The van der Waals surface area contributed by atoms with Gasteiger partial charge in [0.05, 0.1) is 11.3 Å². The van der Waals surface area contributed by atoms with Crippen LogP contribution in [0.4, 0.5) is 0 Å². The van der Waals surface area contributed by atoms with Gasteiger partial charge in [-0.05, 0) is 47.2 Å². The van der Waals surface area contributed by atoms with E-state index in [-0.39, 0.29) is 17.2 Å². The Morgan fingerprint density at radius 2 is 1.88 bits per heavy atom. The first-order chi connectivity index (χ1) is 15.5. The highest BCUT2D eigenvalue weighted by molar-refractivity contribution is 7.99. The normalized spacial score (nSPS) is 11.1. The number of aryl methyl sites for hydroxylation is 1. The molecule has 0 unspecified atom stereocenters. The minimum Gasteiger partial charge on any atom is -0.351 e. The molecule has 0 aliphatic carbocycles. The third kappa shape index (κ3) is 5.53. The van der Waals surface area contributed by atoms with E-state index in [1.165, 1.54) is 23.1 Å². The second kappa shape index (κ2) is 10.5. The molecule has 5 nitrogen and oxygen atoms in total. The number of aromatic nitrogens is 2. The van der Waals surface area contributed by atoms with E-state index in [1.54, 1.807) is 10.6 Å². The lowest BCUT2D eigenvalue weighted by atomic mass is 10.1. The van der Waals surface area contributed by atoms with E-state index >= 15 is 0 Å². The number of nitrogens with one attached hydrogen (secondary N) is 1. The summed E-state index contributed by atoms with van der Waals surface area (Å²) in [5, 5.41) is 6.54. The highest BCUT2D eigenvalue weighted by Crippen LogP contribution is 2.22. The molecule has 2 heterocycles. The average molecular weight is 504 g/mol. The van der Waals surface area contributed by atoms with Gasteiger partial charge in [0.15, 0.2) is 5.16 Å². The van der Waals surface area contributed by atoms with Crippen LogP contribution in [0.3, 0.4) is 0 Å². The maximum Gasteiger partial charge on any atom is 0.272 e. The minimum atomic E-state index is -0.154. The summed E-state index contributed by atoms with van der Waals surface area (Å²) in [5.41, 5.74) is 2.49. The Labute approximate surface area is 203 Å². The lowest BCUT2D eigenvalue weighted by Crippen LogP contribution is -2.27. The molecule has 9 heteroatoms. The van der Waals surface area contributed by atoms with Crippen LogP contribution in [0.5, 0.6) is 0 Å². The first-order valence-corrected chi connectivity index (χ1v) is 12.5. The second-order valence-corrected chi connectivity index (χ2v) is 9.72. The number of hydrogen-bond donors (Lipinski definition) is 1. The Balaban J connectivity index is 1.47. The zero-order valence-electron chi connectivity index (χ0n) is 16.9. The van der Waals surface area contributed by atoms with Gasteiger partial charge in [-0.1, -0.05) is 65.3 Å². The summed E-state index contributed by atoms with van der Waals surface area (Å²) in [7, 11) is 0. The number of nitrogens with zero attached hydrogens (tertiary/aromatic N) is 2. The summed E-state index contributed by atoms with van der Waals surface area (Å²) in [4.78, 5) is 30.1. The van der Waals surface area contributed by atoms with Crippen molar-refractivity contribution in [3.63, 3.8) is 0 Å². The molecule has 0 saturated heterocycles. The van der Waals surface area contributed by atoms with Gasteiger partial charge in [-0.25, -0.2) is 4.98 Å². The maximum absolute atomic E-state index is 13.1. The molecule has 0 aliphatic rings. The van der Waals surface area contributed by atoms with Crippen LogP contribution in [0, 0.1) is 0 Å². The van der Waals surface area contributed by atoms with Crippen molar-refractivity contribution in [2.45, 2.75) is 24.7 Å². The molecule has 32 heavy (non-hydrogen) atoms. The van der Waals surface area contributed by atoms with E-state index in [1.807, 2.05) is 53.9 Å². The lowest BCUT2D eigenvalue weighted by Gasteiger charge is -2.12. The number of benzene rings is 2. The summed E-state index contributed by atoms with van der Waals surface area (Å²) in [5.74, 6) is -0.00755. The van der Waals surface area contributed by atoms with Crippen LogP contribution in [-0.4, -0.2) is 21.2 Å². The lowest BCUT2D eigenvalue weighted by molar-refractivity contribution is -0.118. The van der Waals surface area contributed by atoms with Crippen molar-refractivity contribution in [3.05, 3.63) is 91.5 Å². The van der Waals surface area contributed by atoms with Gasteiger partial charge in [0.2, 0.25) is 5.91 Å². The van der Waals surface area contributed by atoms with E-state index in [2.05, 4.69) is 10.3 Å². The second-order valence-electron chi connectivity index (χ2n) is 7.02. The first-order valence-electron chi connectivity index (χ1n) is 9.86. The SMILES string of the molecule is O=C(CSc1nc2ccsc2c(=O)n1CCc1ccc(Cl)cc1)NCc1ccccc1Cl. The third-order valence-corrected chi connectivity index (χ3v) is 7.32. The average Bonchev–Trinajstić information content (AvgIpc) is 3.27. The van der Waals surface area contributed by atoms with Crippen LogP contribution in [0.2, 0.25) is 10.0 Å². The fraction of sp³-hybridized carbons (Fsp3) is 0.174. The summed E-state index contributed by atoms with van der Waals surface area (Å²) in [6.45, 7) is 0.810. The maximum atomic E-state index is 13.1. The third-order valence-electron chi connectivity index (χ3n) is 4.83.